The van der Waals surface area contributed by atoms with Crippen LogP contribution in [0.15, 0.2) is 24.3 Å². The summed E-state index contributed by atoms with van der Waals surface area (Å²) in [5, 5.41) is 20.2. The van der Waals surface area contributed by atoms with E-state index in [4.69, 9.17) is 4.74 Å². The van der Waals surface area contributed by atoms with Crippen molar-refractivity contribution in [2.45, 2.75) is 57.3 Å². The van der Waals surface area contributed by atoms with Crippen molar-refractivity contribution < 1.29 is 19.7 Å². The van der Waals surface area contributed by atoms with Crippen LogP contribution in [0.25, 0.3) is 0 Å². The largest absolute Gasteiger partial charge is 0.460 e. The lowest BCUT2D eigenvalue weighted by Gasteiger charge is -2.23. The number of carbonyl (C=O) groups is 1. The third-order valence-corrected chi connectivity index (χ3v) is 4.24. The van der Waals surface area contributed by atoms with E-state index in [1.54, 1.807) is 0 Å². The van der Waals surface area contributed by atoms with Gasteiger partial charge in [-0.25, -0.2) is 4.79 Å². The number of fused-ring (bicyclic) bond motifs is 1. The van der Waals surface area contributed by atoms with Crippen LogP contribution in [0.2, 0.25) is 0 Å². The minimum absolute atomic E-state index is 0.108. The summed E-state index contributed by atoms with van der Waals surface area (Å²) >= 11 is 0. The van der Waals surface area contributed by atoms with Gasteiger partial charge in [0.15, 0.2) is 0 Å². The van der Waals surface area contributed by atoms with E-state index in [1.807, 2.05) is 6.92 Å². The van der Waals surface area contributed by atoms with Crippen molar-refractivity contribution in [3.63, 3.8) is 0 Å². The second kappa shape index (κ2) is 7.04. The molecule has 0 bridgehead atoms. The summed E-state index contributed by atoms with van der Waals surface area (Å²) in [6, 6.07) is 0. The van der Waals surface area contributed by atoms with E-state index in [1.165, 1.54) is 12.2 Å². The molecule has 2 N–H and O–H groups in total. The monoisotopic (exact) mass is 280 g/mol. The van der Waals surface area contributed by atoms with Gasteiger partial charge in [-0.3, -0.25) is 0 Å². The van der Waals surface area contributed by atoms with Crippen molar-refractivity contribution in [3.05, 3.63) is 24.3 Å². The topological polar surface area (TPSA) is 66.8 Å². The number of aliphatic hydroxyl groups excluding tert-OH is 2. The number of esters is 1. The predicted molar refractivity (Wildman–Crippen MR) is 75.9 cm³/mol. The summed E-state index contributed by atoms with van der Waals surface area (Å²) in [7, 11) is 0. The molecule has 1 aliphatic carbocycles. The van der Waals surface area contributed by atoms with Crippen molar-refractivity contribution in [1.82, 2.24) is 0 Å². The normalized spacial score (nSPS) is 39.4. The van der Waals surface area contributed by atoms with Crippen LogP contribution in [0.5, 0.6) is 0 Å². The molecule has 1 heterocycles. The van der Waals surface area contributed by atoms with Crippen molar-refractivity contribution >= 4 is 5.97 Å². The highest BCUT2D eigenvalue weighted by molar-refractivity contribution is 5.82. The zero-order chi connectivity index (χ0) is 14.5. The highest BCUT2D eigenvalue weighted by Crippen LogP contribution is 2.36. The van der Waals surface area contributed by atoms with E-state index in [9.17, 15) is 15.0 Å². The van der Waals surface area contributed by atoms with Gasteiger partial charge in [0.25, 0.3) is 0 Å². The molecular formula is C16H24O4. The maximum absolute atomic E-state index is 11.6. The Morgan fingerprint density at radius 3 is 2.80 bits per heavy atom. The Hall–Kier alpha value is -1.13. The number of rotatable bonds is 0. The van der Waals surface area contributed by atoms with E-state index < -0.39 is 18.2 Å². The Morgan fingerprint density at radius 2 is 2.00 bits per heavy atom. The Morgan fingerprint density at radius 1 is 1.20 bits per heavy atom. The fourth-order valence-electron chi connectivity index (χ4n) is 3.13. The number of allylic oxidation sites excluding steroid dienone is 2. The second-order valence-corrected chi connectivity index (χ2v) is 5.84. The molecule has 2 rings (SSSR count). The number of hydrogen-bond acceptors (Lipinski definition) is 4. The molecule has 2 aliphatic rings. The van der Waals surface area contributed by atoms with E-state index >= 15 is 0 Å². The smallest absolute Gasteiger partial charge is 0.330 e. The summed E-state index contributed by atoms with van der Waals surface area (Å²) in [6.45, 7) is 1.88. The van der Waals surface area contributed by atoms with Gasteiger partial charge in [-0.1, -0.05) is 12.2 Å². The van der Waals surface area contributed by atoms with Gasteiger partial charge in [-0.05, 0) is 51.0 Å². The average molecular weight is 280 g/mol. The SMILES string of the molecule is CC1CCCC=CC2CCC(O)C2C(O)C=CC(=O)O1. The molecule has 0 radical (unpaired) electrons. The van der Waals surface area contributed by atoms with Gasteiger partial charge in [-0.15, -0.1) is 0 Å². The molecule has 0 spiro atoms. The highest BCUT2D eigenvalue weighted by Gasteiger charge is 2.37. The Kier molecular flexibility index (Phi) is 5.38. The fourth-order valence-corrected chi connectivity index (χ4v) is 3.13. The first-order chi connectivity index (χ1) is 9.58. The molecule has 1 saturated carbocycles. The highest BCUT2D eigenvalue weighted by atomic mass is 16.5. The maximum Gasteiger partial charge on any atom is 0.330 e. The molecule has 1 aliphatic heterocycles. The van der Waals surface area contributed by atoms with Crippen LogP contribution < -0.4 is 0 Å². The van der Waals surface area contributed by atoms with Gasteiger partial charge in [-0.2, -0.15) is 0 Å². The van der Waals surface area contributed by atoms with Gasteiger partial charge in [0.1, 0.15) is 0 Å². The Labute approximate surface area is 120 Å². The zero-order valence-corrected chi connectivity index (χ0v) is 11.9. The lowest BCUT2D eigenvalue weighted by atomic mass is 9.88. The third kappa shape index (κ3) is 3.93. The van der Waals surface area contributed by atoms with E-state index in [2.05, 4.69) is 12.2 Å². The summed E-state index contributed by atoms with van der Waals surface area (Å²) < 4.78 is 5.23. The third-order valence-electron chi connectivity index (χ3n) is 4.24. The van der Waals surface area contributed by atoms with E-state index in [0.29, 0.717) is 6.42 Å². The molecule has 0 aromatic carbocycles. The number of carbonyl (C=O) groups excluding carboxylic acids is 1. The van der Waals surface area contributed by atoms with E-state index in [0.717, 1.165) is 25.7 Å². The molecule has 0 saturated heterocycles. The predicted octanol–water partition coefficient (Wildman–Crippen LogP) is 1.96. The van der Waals surface area contributed by atoms with Gasteiger partial charge in [0.2, 0.25) is 0 Å². The van der Waals surface area contributed by atoms with Gasteiger partial charge < -0.3 is 14.9 Å². The van der Waals surface area contributed by atoms with Crippen LogP contribution in [0.1, 0.15) is 39.0 Å². The lowest BCUT2D eigenvalue weighted by molar-refractivity contribution is -0.142. The maximum atomic E-state index is 11.6. The van der Waals surface area contributed by atoms with Gasteiger partial charge in [0, 0.05) is 12.0 Å². The molecule has 5 atom stereocenters. The van der Waals surface area contributed by atoms with Crippen molar-refractivity contribution in [2.75, 3.05) is 0 Å². The molecule has 4 nitrogen and oxygen atoms in total. The van der Waals surface area contributed by atoms with Crippen LogP contribution in [-0.2, 0) is 9.53 Å². The molecule has 4 heteroatoms. The standard InChI is InChI=1S/C16H24O4/c1-11-5-3-2-4-6-12-7-8-13(17)16(12)14(18)9-10-15(19)20-11/h4,6,9-14,16-18H,2-3,5,7-8H2,1H3. The average Bonchev–Trinajstić information content (AvgIpc) is 2.76. The fraction of sp³-hybridized carbons (Fsp3) is 0.688. The molecule has 5 unspecified atom stereocenters. The second-order valence-electron chi connectivity index (χ2n) is 5.84. The first-order valence-corrected chi connectivity index (χ1v) is 7.49. The summed E-state index contributed by atoms with van der Waals surface area (Å²) in [6.07, 6.45) is 9.86. The van der Waals surface area contributed by atoms with Crippen molar-refractivity contribution in [1.29, 1.82) is 0 Å². The minimum Gasteiger partial charge on any atom is -0.460 e. The first-order valence-electron chi connectivity index (χ1n) is 7.49. The number of ether oxygens (including phenoxy) is 1. The van der Waals surface area contributed by atoms with E-state index in [-0.39, 0.29) is 17.9 Å². The van der Waals surface area contributed by atoms with Crippen LogP contribution in [-0.4, -0.2) is 34.5 Å². The summed E-state index contributed by atoms with van der Waals surface area (Å²) in [4.78, 5) is 11.6. The molecule has 20 heavy (non-hydrogen) atoms. The van der Waals surface area contributed by atoms with Crippen LogP contribution in [0, 0.1) is 11.8 Å². The zero-order valence-electron chi connectivity index (χ0n) is 11.9. The summed E-state index contributed by atoms with van der Waals surface area (Å²) in [5.41, 5.74) is 0. The number of aliphatic hydroxyl groups is 2. The number of cyclic esters (lactones) is 1. The molecule has 1 fully saturated rings. The van der Waals surface area contributed by atoms with Crippen LogP contribution >= 0.6 is 0 Å². The van der Waals surface area contributed by atoms with Crippen molar-refractivity contribution in [2.24, 2.45) is 11.8 Å². The Bertz CT molecular complexity index is 388. The first kappa shape index (κ1) is 15.3. The van der Waals surface area contributed by atoms with Crippen LogP contribution in [0.3, 0.4) is 0 Å². The molecule has 0 aromatic heterocycles. The quantitative estimate of drug-likeness (QED) is 0.526. The molecular weight excluding hydrogens is 256 g/mol. The molecule has 112 valence electrons. The Balaban J connectivity index is 2.13. The minimum atomic E-state index is -0.814. The van der Waals surface area contributed by atoms with Gasteiger partial charge >= 0.3 is 5.97 Å². The molecule has 0 aromatic rings. The number of hydrogen-bond donors (Lipinski definition) is 2. The summed E-state index contributed by atoms with van der Waals surface area (Å²) in [5.74, 6) is -0.472. The van der Waals surface area contributed by atoms with Crippen molar-refractivity contribution in [3.8, 4) is 0 Å². The van der Waals surface area contributed by atoms with Crippen LogP contribution in [0.4, 0.5) is 0 Å². The van der Waals surface area contributed by atoms with Gasteiger partial charge in [0.05, 0.1) is 18.3 Å². The molecule has 0 amide bonds. The lowest BCUT2D eigenvalue weighted by Crippen LogP contribution is -2.30.